The first kappa shape index (κ1) is 29.0. The highest BCUT2D eigenvalue weighted by atomic mass is 16.5. The molecule has 2 N–H and O–H groups in total. The van der Waals surface area contributed by atoms with Gasteiger partial charge < -0.3 is 34.8 Å². The molecule has 1 aromatic heterocycles. The Morgan fingerprint density at radius 2 is 1.49 bits per heavy atom. The molecule has 0 aliphatic carbocycles. The Morgan fingerprint density at radius 1 is 0.860 bits per heavy atom. The summed E-state index contributed by atoms with van der Waals surface area (Å²) in [5, 5.41) is 5.68. The van der Waals surface area contributed by atoms with E-state index in [2.05, 4.69) is 27.4 Å². The number of fused-ring (bicyclic) bond motifs is 2. The van der Waals surface area contributed by atoms with Crippen molar-refractivity contribution in [1.82, 2.24) is 19.9 Å². The fraction of sp³-hybridized carbons (Fsp3) is 0.452. The quantitative estimate of drug-likeness (QED) is 0.379. The Balaban J connectivity index is 1.17. The van der Waals surface area contributed by atoms with E-state index in [4.69, 9.17) is 24.4 Å². The summed E-state index contributed by atoms with van der Waals surface area (Å²) in [5.74, 6) is 1.95. The van der Waals surface area contributed by atoms with E-state index in [0.717, 1.165) is 18.4 Å². The van der Waals surface area contributed by atoms with E-state index >= 15 is 0 Å². The van der Waals surface area contributed by atoms with E-state index in [9.17, 15) is 9.59 Å². The maximum Gasteiger partial charge on any atom is 0.323 e. The van der Waals surface area contributed by atoms with E-state index < -0.39 is 0 Å². The third-order valence-electron chi connectivity index (χ3n) is 8.03. The van der Waals surface area contributed by atoms with Crippen molar-refractivity contribution in [3.8, 4) is 11.4 Å². The van der Waals surface area contributed by atoms with Crippen molar-refractivity contribution in [2.75, 3.05) is 74.0 Å². The van der Waals surface area contributed by atoms with Gasteiger partial charge >= 0.3 is 6.03 Å². The number of anilines is 4. The molecule has 226 valence electrons. The lowest BCUT2D eigenvalue weighted by molar-refractivity contribution is 0.0895. The molecule has 3 atom stereocenters. The molecule has 12 nitrogen and oxygen atoms in total. The van der Waals surface area contributed by atoms with Crippen molar-refractivity contribution in [3.63, 3.8) is 0 Å². The minimum atomic E-state index is -0.381. The van der Waals surface area contributed by atoms with Crippen LogP contribution in [0, 0.1) is 0 Å². The topological polar surface area (TPSA) is 125 Å². The van der Waals surface area contributed by atoms with Crippen LogP contribution in [0.2, 0.25) is 0 Å². The van der Waals surface area contributed by atoms with E-state index in [0.29, 0.717) is 74.2 Å². The van der Waals surface area contributed by atoms with Gasteiger partial charge in [0.05, 0.1) is 51.1 Å². The molecular weight excluding hydrogens is 548 g/mol. The lowest BCUT2D eigenvalue weighted by Crippen LogP contribution is -2.48. The molecule has 2 bridgehead atoms. The Hall–Kier alpha value is -4.13. The highest BCUT2D eigenvalue weighted by Gasteiger charge is 2.39. The first-order valence-corrected chi connectivity index (χ1v) is 14.8. The second-order valence-corrected chi connectivity index (χ2v) is 11.6. The van der Waals surface area contributed by atoms with Crippen LogP contribution in [0.15, 0.2) is 48.5 Å². The number of nitrogens with one attached hydrogen (secondary N) is 2. The van der Waals surface area contributed by atoms with Crippen LogP contribution < -0.4 is 20.4 Å². The van der Waals surface area contributed by atoms with Crippen LogP contribution in [0.5, 0.6) is 0 Å². The van der Waals surface area contributed by atoms with Gasteiger partial charge in [-0.15, -0.1) is 0 Å². The summed E-state index contributed by atoms with van der Waals surface area (Å²) in [6.07, 6.45) is 2.13. The minimum absolute atomic E-state index is 0.0234. The number of carbonyl (C=O) groups excluding carboxylic acids is 2. The molecule has 0 radical (unpaired) electrons. The van der Waals surface area contributed by atoms with Crippen LogP contribution >= 0.6 is 0 Å². The summed E-state index contributed by atoms with van der Waals surface area (Å²) >= 11 is 0. The van der Waals surface area contributed by atoms with Crippen molar-refractivity contribution >= 4 is 35.1 Å². The zero-order valence-corrected chi connectivity index (χ0v) is 24.8. The molecule has 4 heterocycles. The summed E-state index contributed by atoms with van der Waals surface area (Å²) in [5.41, 5.74) is 2.65. The highest BCUT2D eigenvalue weighted by Crippen LogP contribution is 2.34. The van der Waals surface area contributed by atoms with E-state index in [-0.39, 0.29) is 29.9 Å². The molecule has 6 rings (SSSR count). The zero-order chi connectivity index (χ0) is 29.9. The standard InChI is InChI=1S/C31H38N8O4/c1-20-17-42-15-14-38(20)29-34-28(35-30(36-29)39-25-12-13-26(39)19-43-18-25)22-6-10-24(11-7-22)33-31(41)32-23-8-4-21(5-9-23)27(40)16-37(2)3/h4-11,20,25-26H,12-19H2,1-3H3,(H2,32,33,41)/t20-,25?,26?/m1/s1. The number of nitrogens with zero attached hydrogens (tertiary/aromatic N) is 6. The number of rotatable bonds is 8. The van der Waals surface area contributed by atoms with Crippen molar-refractivity contribution in [2.45, 2.75) is 37.9 Å². The van der Waals surface area contributed by atoms with Gasteiger partial charge in [0.1, 0.15) is 0 Å². The average Bonchev–Trinajstić information content (AvgIpc) is 3.25. The van der Waals surface area contributed by atoms with E-state index in [1.165, 1.54) is 0 Å². The van der Waals surface area contributed by atoms with Crippen molar-refractivity contribution < 1.29 is 19.1 Å². The second-order valence-electron chi connectivity index (χ2n) is 11.6. The van der Waals surface area contributed by atoms with Gasteiger partial charge in [-0.1, -0.05) is 0 Å². The second kappa shape index (κ2) is 12.6. The summed E-state index contributed by atoms with van der Waals surface area (Å²) in [7, 11) is 3.70. The maximum absolute atomic E-state index is 12.7. The predicted octanol–water partition coefficient (Wildman–Crippen LogP) is 3.52. The van der Waals surface area contributed by atoms with Gasteiger partial charge in [-0.3, -0.25) is 4.79 Å². The van der Waals surface area contributed by atoms with E-state index in [1.54, 1.807) is 24.3 Å². The van der Waals surface area contributed by atoms with Gasteiger partial charge in [-0.05, 0) is 82.4 Å². The Bertz CT molecular complexity index is 1430. The van der Waals surface area contributed by atoms with Gasteiger partial charge in [0.2, 0.25) is 11.9 Å². The molecule has 3 saturated heterocycles. The number of likely N-dealkylation sites (N-methyl/N-ethyl adjacent to an activating group) is 1. The average molecular weight is 587 g/mol. The van der Waals surface area contributed by atoms with Crippen LogP contribution in [0.4, 0.5) is 28.1 Å². The van der Waals surface area contributed by atoms with Crippen LogP contribution in [0.1, 0.15) is 30.1 Å². The number of Topliss-reactive ketones (excluding diaryl/α,β-unsaturated/α-hetero) is 1. The summed E-state index contributed by atoms with van der Waals surface area (Å²) in [4.78, 5) is 46.0. The normalized spacial score (nSPS) is 21.6. The van der Waals surface area contributed by atoms with Gasteiger partial charge in [0, 0.05) is 29.0 Å². The number of ether oxygens (including phenoxy) is 2. The van der Waals surface area contributed by atoms with Crippen LogP contribution in [-0.4, -0.2) is 103 Å². The fourth-order valence-corrected chi connectivity index (χ4v) is 5.82. The largest absolute Gasteiger partial charge is 0.377 e. The predicted molar refractivity (Wildman–Crippen MR) is 165 cm³/mol. The Morgan fingerprint density at radius 3 is 2.12 bits per heavy atom. The minimum Gasteiger partial charge on any atom is -0.377 e. The summed E-state index contributed by atoms with van der Waals surface area (Å²) < 4.78 is 11.5. The molecule has 2 aromatic carbocycles. The number of carbonyl (C=O) groups is 2. The molecule has 12 heteroatoms. The number of amides is 2. The molecule has 3 fully saturated rings. The smallest absolute Gasteiger partial charge is 0.323 e. The van der Waals surface area contributed by atoms with Crippen LogP contribution in [-0.2, 0) is 9.47 Å². The zero-order valence-electron chi connectivity index (χ0n) is 24.8. The Labute approximate surface area is 251 Å². The summed E-state index contributed by atoms with van der Waals surface area (Å²) in [6.45, 7) is 5.78. The number of hydrogen-bond acceptors (Lipinski definition) is 10. The lowest BCUT2D eigenvalue weighted by atomic mass is 10.1. The van der Waals surface area contributed by atoms with Crippen molar-refractivity contribution in [3.05, 3.63) is 54.1 Å². The fourth-order valence-electron chi connectivity index (χ4n) is 5.82. The van der Waals surface area contributed by atoms with Gasteiger partial charge in [0.15, 0.2) is 11.6 Å². The van der Waals surface area contributed by atoms with Gasteiger partial charge in [-0.2, -0.15) is 15.0 Å². The molecule has 3 aromatic rings. The van der Waals surface area contributed by atoms with Crippen molar-refractivity contribution in [1.29, 1.82) is 0 Å². The molecule has 2 unspecified atom stereocenters. The third kappa shape index (κ3) is 6.61. The number of benzene rings is 2. The monoisotopic (exact) mass is 586 g/mol. The van der Waals surface area contributed by atoms with Gasteiger partial charge in [0.25, 0.3) is 0 Å². The lowest BCUT2D eigenvalue weighted by Gasteiger charge is -2.36. The van der Waals surface area contributed by atoms with Crippen molar-refractivity contribution in [2.24, 2.45) is 0 Å². The SMILES string of the molecule is C[C@@H]1COCCN1c1nc(-c2ccc(NC(=O)Nc3ccc(C(=O)CN(C)C)cc3)cc2)nc(N2C3CCC2COC3)n1. The Kier molecular flexibility index (Phi) is 8.50. The number of aromatic nitrogens is 3. The third-order valence-corrected chi connectivity index (χ3v) is 8.03. The molecule has 0 spiro atoms. The number of ketones is 1. The molecule has 0 saturated carbocycles. The molecule has 43 heavy (non-hydrogen) atoms. The number of urea groups is 1. The first-order valence-electron chi connectivity index (χ1n) is 14.8. The highest BCUT2D eigenvalue weighted by molar-refractivity contribution is 6.01. The number of morpholine rings is 2. The number of hydrogen-bond donors (Lipinski definition) is 2. The first-order chi connectivity index (χ1) is 20.8. The van der Waals surface area contributed by atoms with E-state index in [1.807, 2.05) is 43.3 Å². The molecule has 2 amide bonds. The van der Waals surface area contributed by atoms with Crippen LogP contribution in [0.25, 0.3) is 11.4 Å². The maximum atomic E-state index is 12.7. The molecule has 3 aliphatic rings. The van der Waals surface area contributed by atoms with Gasteiger partial charge in [-0.25, -0.2) is 4.79 Å². The van der Waals surface area contributed by atoms with Crippen LogP contribution in [0.3, 0.4) is 0 Å². The molecular formula is C31H38N8O4. The summed E-state index contributed by atoms with van der Waals surface area (Å²) in [6, 6.07) is 14.6. The molecule has 3 aliphatic heterocycles.